The minimum absolute atomic E-state index is 0.350. The van der Waals surface area contributed by atoms with Crippen LogP contribution in [0.4, 0.5) is 11.6 Å². The lowest BCUT2D eigenvalue weighted by atomic mass is 9.97. The molecule has 8 nitrogen and oxygen atoms in total. The van der Waals surface area contributed by atoms with Crippen molar-refractivity contribution < 1.29 is 14.5 Å². The fraction of sp³-hybridized carbons (Fsp3) is 0.280. The Morgan fingerprint density at radius 2 is 2.00 bits per heavy atom. The van der Waals surface area contributed by atoms with Crippen LogP contribution < -0.4 is 15.6 Å². The summed E-state index contributed by atoms with van der Waals surface area (Å²) in [5, 5.41) is 4.95. The molecular formula is C25H29N5O3. The molecule has 1 aliphatic heterocycles. The van der Waals surface area contributed by atoms with Gasteiger partial charge in [0.25, 0.3) is 5.91 Å². The second-order valence-electron chi connectivity index (χ2n) is 8.26. The SMILES string of the molecule is CONC(=O)C1=CC=CCN1Oc1ccc2c(c1)nc(Nc1ccc(C)c(C(C)C)c1)n2C. The Hall–Kier alpha value is -3.78. The van der Waals surface area contributed by atoms with E-state index in [9.17, 15) is 4.79 Å². The first-order valence-electron chi connectivity index (χ1n) is 10.9. The van der Waals surface area contributed by atoms with Crippen molar-refractivity contribution in [2.75, 3.05) is 19.0 Å². The minimum Gasteiger partial charge on any atom is -0.379 e. The second-order valence-corrected chi connectivity index (χ2v) is 8.26. The molecule has 172 valence electrons. The molecule has 2 aromatic carbocycles. The van der Waals surface area contributed by atoms with Crippen LogP contribution in [0.5, 0.6) is 5.75 Å². The number of aromatic nitrogens is 2. The highest BCUT2D eigenvalue weighted by molar-refractivity contribution is 5.92. The van der Waals surface area contributed by atoms with Crippen molar-refractivity contribution >= 4 is 28.6 Å². The summed E-state index contributed by atoms with van der Waals surface area (Å²) in [6, 6.07) is 12.1. The van der Waals surface area contributed by atoms with Crippen LogP contribution in [0.2, 0.25) is 0 Å². The summed E-state index contributed by atoms with van der Waals surface area (Å²) < 4.78 is 2.01. The van der Waals surface area contributed by atoms with Gasteiger partial charge in [0.2, 0.25) is 5.95 Å². The van der Waals surface area contributed by atoms with Crippen LogP contribution in [0.1, 0.15) is 30.9 Å². The van der Waals surface area contributed by atoms with E-state index >= 15 is 0 Å². The normalized spacial score (nSPS) is 13.4. The van der Waals surface area contributed by atoms with E-state index in [-0.39, 0.29) is 5.91 Å². The van der Waals surface area contributed by atoms with Crippen molar-refractivity contribution in [1.29, 1.82) is 0 Å². The van der Waals surface area contributed by atoms with Gasteiger partial charge in [-0.3, -0.25) is 9.63 Å². The largest absolute Gasteiger partial charge is 0.379 e. The van der Waals surface area contributed by atoms with Crippen molar-refractivity contribution in [2.24, 2.45) is 7.05 Å². The number of carbonyl (C=O) groups excluding carboxylic acids is 1. The van der Waals surface area contributed by atoms with Gasteiger partial charge in [-0.1, -0.05) is 32.1 Å². The second kappa shape index (κ2) is 9.38. The van der Waals surface area contributed by atoms with Gasteiger partial charge in [-0.25, -0.2) is 15.5 Å². The molecule has 0 spiro atoms. The maximum absolute atomic E-state index is 12.2. The molecule has 0 fully saturated rings. The Labute approximate surface area is 193 Å². The molecule has 0 saturated heterocycles. The molecule has 0 radical (unpaired) electrons. The first kappa shape index (κ1) is 22.4. The number of rotatable bonds is 7. The number of benzene rings is 2. The predicted molar refractivity (Wildman–Crippen MR) is 129 cm³/mol. The summed E-state index contributed by atoms with van der Waals surface area (Å²) >= 11 is 0. The molecule has 1 aliphatic rings. The number of nitrogens with zero attached hydrogens (tertiary/aromatic N) is 3. The molecule has 33 heavy (non-hydrogen) atoms. The monoisotopic (exact) mass is 447 g/mol. The summed E-state index contributed by atoms with van der Waals surface area (Å²) in [6.07, 6.45) is 5.38. The zero-order valence-corrected chi connectivity index (χ0v) is 19.5. The molecule has 4 rings (SSSR count). The number of carbonyl (C=O) groups is 1. The Balaban J connectivity index is 1.57. The summed E-state index contributed by atoms with van der Waals surface area (Å²) in [4.78, 5) is 27.7. The maximum Gasteiger partial charge on any atom is 0.294 e. The van der Waals surface area contributed by atoms with E-state index in [4.69, 9.17) is 14.7 Å². The van der Waals surface area contributed by atoms with E-state index < -0.39 is 0 Å². The van der Waals surface area contributed by atoms with Gasteiger partial charge in [0.15, 0.2) is 5.75 Å². The highest BCUT2D eigenvalue weighted by Gasteiger charge is 2.21. The zero-order chi connectivity index (χ0) is 23.5. The number of aryl methyl sites for hydroxylation is 2. The Bertz CT molecular complexity index is 1240. The van der Waals surface area contributed by atoms with Crippen molar-refractivity contribution in [2.45, 2.75) is 26.7 Å². The topological polar surface area (TPSA) is 80.7 Å². The highest BCUT2D eigenvalue weighted by atomic mass is 16.7. The third-order valence-electron chi connectivity index (χ3n) is 5.58. The van der Waals surface area contributed by atoms with Crippen molar-refractivity contribution in [1.82, 2.24) is 20.1 Å². The quantitative estimate of drug-likeness (QED) is 0.520. The third-order valence-corrected chi connectivity index (χ3v) is 5.58. The Morgan fingerprint density at radius 1 is 1.18 bits per heavy atom. The van der Waals surface area contributed by atoms with Crippen molar-refractivity contribution in [3.05, 3.63) is 71.5 Å². The van der Waals surface area contributed by atoms with E-state index in [0.717, 1.165) is 22.7 Å². The number of imidazole rings is 1. The standard InChI is InChI=1S/C25H29N5O3/c1-16(2)20-14-18(10-9-17(20)3)26-25-27-21-15-19(11-12-22(21)29(25)4)33-30-13-7-6-8-23(30)24(31)28-32-5/h6-12,14-16H,13H2,1-5H3,(H,26,27)(H,28,31). The molecule has 0 unspecified atom stereocenters. The smallest absolute Gasteiger partial charge is 0.294 e. The van der Waals surface area contributed by atoms with Crippen LogP contribution in [-0.2, 0) is 16.7 Å². The van der Waals surface area contributed by atoms with Gasteiger partial charge in [-0.15, -0.1) is 0 Å². The van der Waals surface area contributed by atoms with Gasteiger partial charge < -0.3 is 14.7 Å². The average molecular weight is 448 g/mol. The number of hydrogen-bond donors (Lipinski definition) is 2. The van der Waals surface area contributed by atoms with Gasteiger partial charge in [-0.2, -0.15) is 0 Å². The summed E-state index contributed by atoms with van der Waals surface area (Å²) in [5.74, 6) is 1.38. The van der Waals surface area contributed by atoms with E-state index in [0.29, 0.717) is 23.9 Å². The minimum atomic E-state index is -0.383. The number of amides is 1. The van der Waals surface area contributed by atoms with Gasteiger partial charge in [-0.05, 0) is 54.3 Å². The molecule has 3 aromatic rings. The van der Waals surface area contributed by atoms with Gasteiger partial charge in [0, 0.05) is 18.8 Å². The molecule has 2 heterocycles. The third kappa shape index (κ3) is 4.70. The van der Waals surface area contributed by atoms with Crippen LogP contribution in [-0.4, -0.2) is 34.2 Å². The number of hydrogen-bond acceptors (Lipinski definition) is 6. The molecule has 2 N–H and O–H groups in total. The molecule has 0 aliphatic carbocycles. The van der Waals surface area contributed by atoms with Crippen LogP contribution in [0.25, 0.3) is 11.0 Å². The van der Waals surface area contributed by atoms with E-state index in [1.165, 1.54) is 23.3 Å². The van der Waals surface area contributed by atoms with Crippen molar-refractivity contribution in [3.63, 3.8) is 0 Å². The molecular weight excluding hydrogens is 418 g/mol. The molecule has 1 amide bonds. The molecule has 8 heteroatoms. The fourth-order valence-corrected chi connectivity index (χ4v) is 3.86. The van der Waals surface area contributed by atoms with E-state index in [1.807, 2.05) is 35.9 Å². The number of allylic oxidation sites excluding steroid dienone is 2. The van der Waals surface area contributed by atoms with E-state index in [1.54, 1.807) is 12.2 Å². The van der Waals surface area contributed by atoms with Crippen LogP contribution >= 0.6 is 0 Å². The predicted octanol–water partition coefficient (Wildman–Crippen LogP) is 4.48. The molecule has 1 aromatic heterocycles. The summed E-state index contributed by atoms with van der Waals surface area (Å²) in [7, 11) is 3.37. The van der Waals surface area contributed by atoms with Crippen LogP contribution in [0.3, 0.4) is 0 Å². The van der Waals surface area contributed by atoms with Crippen LogP contribution in [0.15, 0.2) is 60.3 Å². The highest BCUT2D eigenvalue weighted by Crippen LogP contribution is 2.28. The fourth-order valence-electron chi connectivity index (χ4n) is 3.86. The first-order valence-corrected chi connectivity index (χ1v) is 10.9. The number of nitrogens with one attached hydrogen (secondary N) is 2. The maximum atomic E-state index is 12.2. The lowest BCUT2D eigenvalue weighted by Crippen LogP contribution is -2.37. The van der Waals surface area contributed by atoms with Gasteiger partial charge >= 0.3 is 0 Å². The Morgan fingerprint density at radius 3 is 2.76 bits per heavy atom. The zero-order valence-electron chi connectivity index (χ0n) is 19.5. The lowest BCUT2D eigenvalue weighted by Gasteiger charge is -2.26. The molecule has 0 saturated carbocycles. The van der Waals surface area contributed by atoms with E-state index in [2.05, 4.69) is 49.8 Å². The Kier molecular flexibility index (Phi) is 6.37. The molecule has 0 atom stereocenters. The summed E-state index contributed by atoms with van der Waals surface area (Å²) in [5.41, 5.74) is 8.01. The number of hydroxylamine groups is 3. The average Bonchev–Trinajstić information content (AvgIpc) is 3.10. The van der Waals surface area contributed by atoms with Gasteiger partial charge in [0.1, 0.15) is 5.70 Å². The summed E-state index contributed by atoms with van der Waals surface area (Å²) in [6.45, 7) is 6.95. The van der Waals surface area contributed by atoms with Gasteiger partial charge in [0.05, 0.1) is 24.7 Å². The van der Waals surface area contributed by atoms with Crippen LogP contribution in [0, 0.1) is 6.92 Å². The number of anilines is 2. The molecule has 0 bridgehead atoms. The lowest BCUT2D eigenvalue weighted by molar-refractivity contribution is -0.133. The van der Waals surface area contributed by atoms with Crippen molar-refractivity contribution in [3.8, 4) is 5.75 Å². The number of fused-ring (bicyclic) bond motifs is 1. The first-order chi connectivity index (χ1) is 15.9.